The first-order valence-electron chi connectivity index (χ1n) is 6.32. The molecule has 0 bridgehead atoms. The molecule has 1 unspecified atom stereocenters. The maximum Gasteiger partial charge on any atom is 0.324 e. The minimum atomic E-state index is -0.518. The average molecular weight is 274 g/mol. The highest BCUT2D eigenvalue weighted by Gasteiger charge is 2.07. The molecule has 0 aliphatic carbocycles. The molecule has 6 heteroatoms. The minimum Gasteiger partial charge on any atom is -0.389 e. The van der Waals surface area contributed by atoms with Crippen LogP contribution in [-0.2, 0) is 7.05 Å². The van der Waals surface area contributed by atoms with E-state index in [0.717, 1.165) is 11.3 Å². The van der Waals surface area contributed by atoms with E-state index in [9.17, 15) is 9.90 Å². The number of urea groups is 1. The quantitative estimate of drug-likeness (QED) is 0.804. The predicted molar refractivity (Wildman–Crippen MR) is 77.7 cm³/mol. The van der Waals surface area contributed by atoms with Gasteiger partial charge in [-0.3, -0.25) is 10.00 Å². The lowest BCUT2D eigenvalue weighted by atomic mass is 10.1. The predicted octanol–water partition coefficient (Wildman–Crippen LogP) is 2.43. The number of nitrogens with zero attached hydrogens (tertiary/aromatic N) is 2. The van der Waals surface area contributed by atoms with Gasteiger partial charge in [0.25, 0.3) is 0 Å². The zero-order valence-corrected chi connectivity index (χ0v) is 11.7. The number of anilines is 2. The number of aromatic nitrogens is 2. The Bertz CT molecular complexity index is 602. The minimum absolute atomic E-state index is 0.335. The molecule has 2 aromatic rings. The summed E-state index contributed by atoms with van der Waals surface area (Å²) in [5.41, 5.74) is 2.30. The van der Waals surface area contributed by atoms with Crippen molar-refractivity contribution in [2.75, 3.05) is 10.6 Å². The lowest BCUT2D eigenvalue weighted by Crippen LogP contribution is -2.21. The third kappa shape index (κ3) is 3.36. The van der Waals surface area contributed by atoms with Crippen LogP contribution in [0, 0.1) is 6.92 Å². The van der Waals surface area contributed by atoms with Gasteiger partial charge in [0.05, 0.1) is 11.8 Å². The summed E-state index contributed by atoms with van der Waals surface area (Å²) in [5.74, 6) is 0.626. The summed E-state index contributed by atoms with van der Waals surface area (Å²) in [7, 11) is 1.76. The van der Waals surface area contributed by atoms with Crippen LogP contribution >= 0.6 is 0 Å². The second-order valence-electron chi connectivity index (χ2n) is 4.67. The fourth-order valence-corrected chi connectivity index (χ4v) is 1.85. The van der Waals surface area contributed by atoms with E-state index in [0.29, 0.717) is 11.5 Å². The fourth-order valence-electron chi connectivity index (χ4n) is 1.85. The molecule has 106 valence electrons. The number of aryl methyl sites for hydroxylation is 2. The average Bonchev–Trinajstić information content (AvgIpc) is 2.68. The Balaban J connectivity index is 1.99. The summed E-state index contributed by atoms with van der Waals surface area (Å²) in [6.45, 7) is 3.55. The van der Waals surface area contributed by atoms with Crippen LogP contribution in [0.1, 0.15) is 24.3 Å². The number of carbonyl (C=O) groups is 1. The maximum atomic E-state index is 11.8. The van der Waals surface area contributed by atoms with Gasteiger partial charge in [0, 0.05) is 18.8 Å². The highest BCUT2D eigenvalue weighted by Crippen LogP contribution is 2.16. The van der Waals surface area contributed by atoms with E-state index >= 15 is 0 Å². The Hall–Kier alpha value is -2.34. The maximum absolute atomic E-state index is 11.8. The van der Waals surface area contributed by atoms with Crippen LogP contribution in [0.2, 0.25) is 0 Å². The lowest BCUT2D eigenvalue weighted by Gasteiger charge is -2.09. The van der Waals surface area contributed by atoms with Gasteiger partial charge < -0.3 is 10.4 Å². The highest BCUT2D eigenvalue weighted by atomic mass is 16.3. The Kier molecular flexibility index (Phi) is 4.05. The fraction of sp³-hybridized carbons (Fsp3) is 0.286. The van der Waals surface area contributed by atoms with E-state index in [4.69, 9.17) is 0 Å². The summed E-state index contributed by atoms with van der Waals surface area (Å²) in [4.78, 5) is 11.8. The van der Waals surface area contributed by atoms with Gasteiger partial charge in [0.2, 0.25) is 0 Å². The standard InChI is InChI=1S/C14H18N4O2/c1-9-8-13(18(3)17-9)16-14(20)15-12-6-4-11(5-7-12)10(2)19/h4-8,10,19H,1-3H3,(H2,15,16,20). The molecule has 2 amide bonds. The summed E-state index contributed by atoms with van der Waals surface area (Å²) in [6.07, 6.45) is -0.518. The number of hydrogen-bond acceptors (Lipinski definition) is 3. The van der Waals surface area contributed by atoms with Gasteiger partial charge in [0.15, 0.2) is 0 Å². The third-order valence-corrected chi connectivity index (χ3v) is 2.89. The van der Waals surface area contributed by atoms with Gasteiger partial charge in [0.1, 0.15) is 5.82 Å². The molecule has 0 spiro atoms. The van der Waals surface area contributed by atoms with Gasteiger partial charge in [-0.15, -0.1) is 0 Å². The first-order chi connectivity index (χ1) is 9.45. The number of aliphatic hydroxyl groups is 1. The molecule has 0 saturated carbocycles. The van der Waals surface area contributed by atoms with Crippen molar-refractivity contribution in [1.29, 1.82) is 0 Å². The van der Waals surface area contributed by atoms with Crippen LogP contribution in [0.3, 0.4) is 0 Å². The van der Waals surface area contributed by atoms with Crippen LogP contribution < -0.4 is 10.6 Å². The molecule has 1 aromatic carbocycles. The molecule has 0 radical (unpaired) electrons. The molecule has 2 rings (SSSR count). The SMILES string of the molecule is Cc1cc(NC(=O)Nc2ccc(C(C)O)cc2)n(C)n1. The molecule has 1 atom stereocenters. The monoisotopic (exact) mass is 274 g/mol. The topological polar surface area (TPSA) is 79.2 Å². The lowest BCUT2D eigenvalue weighted by molar-refractivity contribution is 0.199. The molecule has 0 aliphatic heterocycles. The summed E-state index contributed by atoms with van der Waals surface area (Å²) >= 11 is 0. The molecular weight excluding hydrogens is 256 g/mol. The van der Waals surface area contributed by atoms with E-state index in [1.807, 2.05) is 6.92 Å². The van der Waals surface area contributed by atoms with Crippen LogP contribution in [0.25, 0.3) is 0 Å². The van der Waals surface area contributed by atoms with Gasteiger partial charge in [-0.1, -0.05) is 12.1 Å². The van der Waals surface area contributed by atoms with Gasteiger partial charge in [-0.05, 0) is 31.5 Å². The third-order valence-electron chi connectivity index (χ3n) is 2.89. The molecular formula is C14H18N4O2. The zero-order valence-electron chi connectivity index (χ0n) is 11.7. The Morgan fingerprint density at radius 2 is 1.95 bits per heavy atom. The van der Waals surface area contributed by atoms with E-state index in [1.165, 1.54) is 0 Å². The van der Waals surface area contributed by atoms with Crippen LogP contribution in [-0.4, -0.2) is 20.9 Å². The first-order valence-corrected chi connectivity index (χ1v) is 6.32. The van der Waals surface area contributed by atoms with Crippen molar-refractivity contribution in [3.05, 3.63) is 41.6 Å². The van der Waals surface area contributed by atoms with Crippen molar-refractivity contribution in [1.82, 2.24) is 9.78 Å². The van der Waals surface area contributed by atoms with Crippen LogP contribution in [0.15, 0.2) is 30.3 Å². The normalized spacial score (nSPS) is 12.0. The highest BCUT2D eigenvalue weighted by molar-refractivity contribution is 5.99. The molecule has 0 aliphatic rings. The summed E-state index contributed by atoms with van der Waals surface area (Å²) < 4.78 is 1.60. The van der Waals surface area contributed by atoms with Crippen molar-refractivity contribution >= 4 is 17.5 Å². The Labute approximate surface area is 117 Å². The molecule has 6 nitrogen and oxygen atoms in total. The van der Waals surface area contributed by atoms with Crippen molar-refractivity contribution in [2.45, 2.75) is 20.0 Å². The Morgan fingerprint density at radius 3 is 2.45 bits per heavy atom. The molecule has 0 fully saturated rings. The molecule has 20 heavy (non-hydrogen) atoms. The number of benzene rings is 1. The van der Waals surface area contributed by atoms with Gasteiger partial charge >= 0.3 is 6.03 Å². The molecule has 0 saturated heterocycles. The molecule has 3 N–H and O–H groups in total. The van der Waals surface area contributed by atoms with E-state index in [1.54, 1.807) is 49.0 Å². The number of rotatable bonds is 3. The van der Waals surface area contributed by atoms with Crippen LogP contribution in [0.4, 0.5) is 16.3 Å². The van der Waals surface area contributed by atoms with Gasteiger partial charge in [-0.2, -0.15) is 5.10 Å². The number of hydrogen-bond donors (Lipinski definition) is 3. The number of carbonyl (C=O) groups excluding carboxylic acids is 1. The van der Waals surface area contributed by atoms with Crippen LogP contribution in [0.5, 0.6) is 0 Å². The summed E-state index contributed by atoms with van der Waals surface area (Å²) in [5, 5.41) is 19.0. The summed E-state index contributed by atoms with van der Waals surface area (Å²) in [6, 6.07) is 8.49. The van der Waals surface area contributed by atoms with Crippen molar-refractivity contribution in [3.63, 3.8) is 0 Å². The smallest absolute Gasteiger partial charge is 0.324 e. The van der Waals surface area contributed by atoms with E-state index in [-0.39, 0.29) is 6.03 Å². The number of nitrogens with one attached hydrogen (secondary N) is 2. The molecule has 1 aromatic heterocycles. The Morgan fingerprint density at radius 1 is 1.30 bits per heavy atom. The number of aliphatic hydroxyl groups excluding tert-OH is 1. The van der Waals surface area contributed by atoms with Crippen molar-refractivity contribution in [2.24, 2.45) is 7.05 Å². The van der Waals surface area contributed by atoms with E-state index < -0.39 is 6.10 Å². The van der Waals surface area contributed by atoms with Crippen molar-refractivity contribution < 1.29 is 9.90 Å². The zero-order chi connectivity index (χ0) is 14.7. The molecule has 1 heterocycles. The van der Waals surface area contributed by atoms with E-state index in [2.05, 4.69) is 15.7 Å². The van der Waals surface area contributed by atoms with Crippen molar-refractivity contribution in [3.8, 4) is 0 Å². The largest absolute Gasteiger partial charge is 0.389 e. The second-order valence-corrected chi connectivity index (χ2v) is 4.67. The van der Waals surface area contributed by atoms with Gasteiger partial charge in [-0.25, -0.2) is 4.79 Å². The first kappa shape index (κ1) is 14.1. The number of amides is 2. The second kappa shape index (κ2) is 5.75.